The molecule has 0 aromatic rings. The fraction of sp³-hybridized carbons (Fsp3) is 0.875. The van der Waals surface area contributed by atoms with Crippen molar-refractivity contribution in [2.24, 2.45) is 23.7 Å². The second kappa shape index (κ2) is 8.53. The Labute approximate surface area is 181 Å². The third-order valence-corrected chi connectivity index (χ3v) is 7.85. The van der Waals surface area contributed by atoms with Crippen LogP contribution in [0.2, 0.25) is 0 Å². The third kappa shape index (κ3) is 3.96. The summed E-state index contributed by atoms with van der Waals surface area (Å²) in [5, 5.41) is 22.8. The van der Waals surface area contributed by atoms with E-state index in [4.69, 9.17) is 14.2 Å². The maximum Gasteiger partial charge on any atom is 0.303 e. The summed E-state index contributed by atoms with van der Waals surface area (Å²) in [5.41, 5.74) is -1.31. The Morgan fingerprint density at radius 1 is 1.33 bits per heavy atom. The van der Waals surface area contributed by atoms with E-state index in [2.05, 4.69) is 20.4 Å². The standard InChI is InChI=1S/C24H40O6/c1-8-28-17-11-12-23(6,30-15(5)25)22-19-16(13(2)3)10-9-14(4)18(19)20(29-22)21(26)24(17,7)27/h13,16-22,26-27H,4,8-12H2,1-3,5-7H3/t16-,17+,18+,19-,20-,21+,22+,23-,24-/m1/s1. The van der Waals surface area contributed by atoms with Crippen molar-refractivity contribution < 1.29 is 29.2 Å². The summed E-state index contributed by atoms with van der Waals surface area (Å²) >= 11 is 0. The predicted molar refractivity (Wildman–Crippen MR) is 114 cm³/mol. The Hall–Kier alpha value is -0.950. The van der Waals surface area contributed by atoms with Crippen molar-refractivity contribution in [3.8, 4) is 0 Å². The maximum absolute atomic E-state index is 12.1. The average Bonchev–Trinajstić information content (AvgIpc) is 3.05. The van der Waals surface area contributed by atoms with Crippen molar-refractivity contribution in [3.05, 3.63) is 12.2 Å². The van der Waals surface area contributed by atoms with Crippen LogP contribution in [0.15, 0.2) is 12.2 Å². The van der Waals surface area contributed by atoms with E-state index in [1.54, 1.807) is 6.92 Å². The predicted octanol–water partition coefficient (Wildman–Crippen LogP) is 3.24. The van der Waals surface area contributed by atoms with Crippen LogP contribution in [0.3, 0.4) is 0 Å². The minimum absolute atomic E-state index is 0.0784. The van der Waals surface area contributed by atoms with Crippen LogP contribution in [0.25, 0.3) is 0 Å². The Balaban J connectivity index is 2.12. The summed E-state index contributed by atoms with van der Waals surface area (Å²) in [6, 6.07) is 0. The number of aliphatic hydroxyl groups is 2. The monoisotopic (exact) mass is 424 g/mol. The lowest BCUT2D eigenvalue weighted by atomic mass is 9.60. The van der Waals surface area contributed by atoms with Crippen LogP contribution >= 0.6 is 0 Å². The molecule has 1 saturated carbocycles. The molecule has 0 aromatic heterocycles. The molecule has 3 fully saturated rings. The SMILES string of the molecule is C=C1CC[C@H](C(C)C)[C@@H]2[C@H]1[C@H]1O[C@@H]2[C@](C)(OC(C)=O)CC[C@H](OCC)[C@@](C)(O)[C@H]1O. The molecular weight excluding hydrogens is 384 g/mol. The fourth-order valence-electron chi connectivity index (χ4n) is 6.32. The van der Waals surface area contributed by atoms with E-state index >= 15 is 0 Å². The van der Waals surface area contributed by atoms with Gasteiger partial charge in [-0.25, -0.2) is 0 Å². The molecule has 2 saturated heterocycles. The minimum atomic E-state index is -1.49. The van der Waals surface area contributed by atoms with Gasteiger partial charge in [-0.05, 0) is 58.3 Å². The Morgan fingerprint density at radius 2 is 2.00 bits per heavy atom. The molecule has 1 aliphatic carbocycles. The van der Waals surface area contributed by atoms with Gasteiger partial charge in [0.2, 0.25) is 0 Å². The van der Waals surface area contributed by atoms with Crippen LogP contribution in [0.1, 0.15) is 67.2 Å². The quantitative estimate of drug-likeness (QED) is 0.532. The summed E-state index contributed by atoms with van der Waals surface area (Å²) in [4.78, 5) is 12.1. The second-order valence-electron chi connectivity index (χ2n) is 10.3. The smallest absolute Gasteiger partial charge is 0.303 e. The highest BCUT2D eigenvalue weighted by Crippen LogP contribution is 2.56. The summed E-state index contributed by atoms with van der Waals surface area (Å²) < 4.78 is 18.4. The molecule has 6 heteroatoms. The number of hydrogen-bond donors (Lipinski definition) is 2. The zero-order chi connectivity index (χ0) is 22.4. The van der Waals surface area contributed by atoms with Crippen LogP contribution in [-0.2, 0) is 19.0 Å². The molecule has 2 N–H and O–H groups in total. The van der Waals surface area contributed by atoms with Crippen molar-refractivity contribution in [2.45, 2.75) is 103 Å². The zero-order valence-electron chi connectivity index (χ0n) is 19.4. The van der Waals surface area contributed by atoms with Gasteiger partial charge in [-0.1, -0.05) is 26.0 Å². The topological polar surface area (TPSA) is 85.2 Å². The molecular formula is C24H40O6. The van der Waals surface area contributed by atoms with Gasteiger partial charge in [-0.3, -0.25) is 4.79 Å². The summed E-state index contributed by atoms with van der Waals surface area (Å²) in [6.45, 7) is 16.0. The number of esters is 1. The van der Waals surface area contributed by atoms with Gasteiger partial charge in [-0.2, -0.15) is 0 Å². The lowest BCUT2D eigenvalue weighted by molar-refractivity contribution is -0.194. The highest BCUT2D eigenvalue weighted by atomic mass is 16.6. The molecule has 30 heavy (non-hydrogen) atoms. The van der Waals surface area contributed by atoms with E-state index in [0.717, 1.165) is 18.4 Å². The molecule has 172 valence electrons. The van der Waals surface area contributed by atoms with Crippen molar-refractivity contribution >= 4 is 5.97 Å². The van der Waals surface area contributed by atoms with Crippen molar-refractivity contribution in [3.63, 3.8) is 0 Å². The van der Waals surface area contributed by atoms with Crippen molar-refractivity contribution in [1.82, 2.24) is 0 Å². The number of aliphatic hydroxyl groups excluding tert-OH is 1. The van der Waals surface area contributed by atoms with Crippen molar-refractivity contribution in [1.29, 1.82) is 0 Å². The highest BCUT2D eigenvalue weighted by molar-refractivity contribution is 5.66. The van der Waals surface area contributed by atoms with E-state index in [1.807, 2.05) is 13.8 Å². The first-order valence-electron chi connectivity index (χ1n) is 11.5. The molecule has 3 aliphatic rings. The summed E-state index contributed by atoms with van der Waals surface area (Å²) in [6.07, 6.45) is 0.128. The molecule has 6 nitrogen and oxygen atoms in total. The first-order chi connectivity index (χ1) is 13.9. The molecule has 0 aromatic carbocycles. The Kier molecular flexibility index (Phi) is 6.74. The minimum Gasteiger partial charge on any atom is -0.457 e. The van der Waals surface area contributed by atoms with Crippen LogP contribution in [0.5, 0.6) is 0 Å². The summed E-state index contributed by atoms with van der Waals surface area (Å²) in [5.74, 6) is 0.428. The van der Waals surface area contributed by atoms with Gasteiger partial charge >= 0.3 is 5.97 Å². The van der Waals surface area contributed by atoms with E-state index in [-0.39, 0.29) is 23.9 Å². The average molecular weight is 425 g/mol. The summed E-state index contributed by atoms with van der Waals surface area (Å²) in [7, 11) is 0. The van der Waals surface area contributed by atoms with Gasteiger partial charge in [0, 0.05) is 25.4 Å². The highest BCUT2D eigenvalue weighted by Gasteiger charge is 2.63. The van der Waals surface area contributed by atoms with Gasteiger partial charge in [0.25, 0.3) is 0 Å². The number of fused-ring (bicyclic) bond motifs is 5. The van der Waals surface area contributed by atoms with E-state index in [1.165, 1.54) is 6.92 Å². The molecule has 2 aliphatic heterocycles. The fourth-order valence-corrected chi connectivity index (χ4v) is 6.32. The molecule has 0 spiro atoms. The van der Waals surface area contributed by atoms with Gasteiger partial charge in [-0.15, -0.1) is 0 Å². The molecule has 2 heterocycles. The number of rotatable bonds is 4. The molecule has 0 amide bonds. The van der Waals surface area contributed by atoms with Gasteiger partial charge in [0.1, 0.15) is 23.4 Å². The first kappa shape index (κ1) is 23.7. The van der Waals surface area contributed by atoms with Gasteiger partial charge in [0.15, 0.2) is 0 Å². The Bertz CT molecular complexity index is 658. The normalized spacial score (nSPS) is 46.7. The molecule has 2 bridgehead atoms. The molecule has 0 radical (unpaired) electrons. The third-order valence-electron chi connectivity index (χ3n) is 7.85. The zero-order valence-corrected chi connectivity index (χ0v) is 19.4. The molecule has 3 rings (SSSR count). The van der Waals surface area contributed by atoms with E-state index in [9.17, 15) is 15.0 Å². The molecule has 9 atom stereocenters. The lowest BCUT2D eigenvalue weighted by Crippen LogP contribution is -2.57. The molecule has 0 unspecified atom stereocenters. The first-order valence-corrected chi connectivity index (χ1v) is 11.5. The lowest BCUT2D eigenvalue weighted by Gasteiger charge is -2.47. The number of carbonyl (C=O) groups excluding carboxylic acids is 1. The largest absolute Gasteiger partial charge is 0.457 e. The number of ether oxygens (including phenoxy) is 3. The van der Waals surface area contributed by atoms with E-state index in [0.29, 0.717) is 31.3 Å². The number of carbonyl (C=O) groups is 1. The Morgan fingerprint density at radius 3 is 2.57 bits per heavy atom. The van der Waals surface area contributed by atoms with Crippen LogP contribution in [0.4, 0.5) is 0 Å². The number of hydrogen-bond acceptors (Lipinski definition) is 6. The second-order valence-corrected chi connectivity index (χ2v) is 10.3. The maximum atomic E-state index is 12.1. The van der Waals surface area contributed by atoms with Gasteiger partial charge < -0.3 is 24.4 Å². The van der Waals surface area contributed by atoms with E-state index < -0.39 is 29.5 Å². The van der Waals surface area contributed by atoms with Crippen LogP contribution in [-0.4, -0.2) is 58.4 Å². The van der Waals surface area contributed by atoms with Gasteiger partial charge in [0.05, 0.1) is 12.2 Å². The van der Waals surface area contributed by atoms with Crippen LogP contribution in [0, 0.1) is 23.7 Å². The van der Waals surface area contributed by atoms with Crippen LogP contribution < -0.4 is 0 Å². The van der Waals surface area contributed by atoms with Crippen molar-refractivity contribution in [2.75, 3.05) is 6.61 Å².